The molecule has 0 unspecified atom stereocenters. The normalized spacial score (nSPS) is 10.7. The van der Waals surface area contributed by atoms with Gasteiger partial charge in [0.15, 0.2) is 11.3 Å². The number of ether oxygens (including phenoxy) is 1. The van der Waals surface area contributed by atoms with Gasteiger partial charge < -0.3 is 4.74 Å². The summed E-state index contributed by atoms with van der Waals surface area (Å²) in [5.74, 6) is -0.618. The second-order valence-corrected chi connectivity index (χ2v) is 4.48. The first kappa shape index (κ1) is 14.6. The molecule has 3 heterocycles. The van der Waals surface area contributed by atoms with Gasteiger partial charge in [-0.25, -0.2) is 9.78 Å². The molecular formula is C14H11N5O4. The molecule has 0 N–H and O–H groups in total. The maximum atomic E-state index is 12.3. The summed E-state index contributed by atoms with van der Waals surface area (Å²) < 4.78 is 6.54. The van der Waals surface area contributed by atoms with Crippen LogP contribution in [0, 0.1) is 10.1 Å². The lowest BCUT2D eigenvalue weighted by atomic mass is 10.1. The van der Waals surface area contributed by atoms with Gasteiger partial charge in [0, 0.05) is 18.6 Å². The van der Waals surface area contributed by atoms with Crippen molar-refractivity contribution in [3.05, 3.63) is 52.9 Å². The first-order chi connectivity index (χ1) is 11.1. The maximum Gasteiger partial charge on any atom is 0.357 e. The van der Waals surface area contributed by atoms with Gasteiger partial charge in [-0.1, -0.05) is 0 Å². The summed E-state index contributed by atoms with van der Waals surface area (Å²) in [5, 5.41) is 11.2. The molecule has 0 fully saturated rings. The lowest BCUT2D eigenvalue weighted by Crippen LogP contribution is -2.10. The number of nitro groups is 1. The molecule has 0 aliphatic carbocycles. The van der Waals surface area contributed by atoms with Crippen LogP contribution in [0.2, 0.25) is 0 Å². The van der Waals surface area contributed by atoms with Crippen molar-refractivity contribution in [3.8, 4) is 11.3 Å². The molecule has 3 rings (SSSR count). The van der Waals surface area contributed by atoms with Gasteiger partial charge in [-0.15, -0.1) is 0 Å². The van der Waals surface area contributed by atoms with Gasteiger partial charge in [-0.3, -0.25) is 24.5 Å². The first-order valence-corrected chi connectivity index (χ1v) is 6.71. The van der Waals surface area contributed by atoms with Crippen LogP contribution in [-0.2, 0) is 4.74 Å². The molecule has 0 amide bonds. The van der Waals surface area contributed by atoms with E-state index < -0.39 is 10.9 Å². The van der Waals surface area contributed by atoms with Gasteiger partial charge in [-0.05, 0) is 13.0 Å². The quantitative estimate of drug-likeness (QED) is 0.410. The summed E-state index contributed by atoms with van der Waals surface area (Å²) in [6, 6.07) is 1.44. The van der Waals surface area contributed by atoms with Gasteiger partial charge in [0.25, 0.3) is 5.69 Å². The Hall–Kier alpha value is -3.36. The zero-order valence-corrected chi connectivity index (χ0v) is 12.0. The summed E-state index contributed by atoms with van der Waals surface area (Å²) >= 11 is 0. The molecule has 0 saturated heterocycles. The topological polar surface area (TPSA) is 113 Å². The number of fused-ring (bicyclic) bond motifs is 1. The van der Waals surface area contributed by atoms with Crippen LogP contribution < -0.4 is 0 Å². The molecule has 116 valence electrons. The molecule has 0 atom stereocenters. The summed E-state index contributed by atoms with van der Waals surface area (Å²) in [7, 11) is 0. The molecule has 0 aliphatic rings. The molecule has 0 bridgehead atoms. The number of imidazole rings is 1. The number of pyridine rings is 1. The van der Waals surface area contributed by atoms with Crippen LogP contribution in [-0.4, -0.2) is 36.9 Å². The van der Waals surface area contributed by atoms with Crippen LogP contribution in [0.5, 0.6) is 0 Å². The lowest BCUT2D eigenvalue weighted by Gasteiger charge is -2.05. The fourth-order valence-electron chi connectivity index (χ4n) is 2.22. The highest BCUT2D eigenvalue weighted by molar-refractivity contribution is 5.97. The molecule has 23 heavy (non-hydrogen) atoms. The average Bonchev–Trinajstić information content (AvgIpc) is 2.94. The Morgan fingerprint density at radius 3 is 2.87 bits per heavy atom. The SMILES string of the molecule is CCOC(=O)c1c(-c2ccncc2[N+](=O)[O-])nc2cnccn12. The highest BCUT2D eigenvalue weighted by atomic mass is 16.6. The second-order valence-electron chi connectivity index (χ2n) is 4.48. The van der Waals surface area contributed by atoms with E-state index in [0.29, 0.717) is 5.65 Å². The van der Waals surface area contributed by atoms with Crippen LogP contribution in [0.4, 0.5) is 5.69 Å². The number of hydrogen-bond donors (Lipinski definition) is 0. The molecule has 9 heteroatoms. The van der Waals surface area contributed by atoms with Gasteiger partial charge in [0.05, 0.1) is 23.3 Å². The molecule has 0 spiro atoms. The Kier molecular flexibility index (Phi) is 3.67. The van der Waals surface area contributed by atoms with Crippen molar-refractivity contribution in [2.75, 3.05) is 6.61 Å². The number of esters is 1. The summed E-state index contributed by atoms with van der Waals surface area (Å²) in [4.78, 5) is 34.9. The van der Waals surface area contributed by atoms with Gasteiger partial charge >= 0.3 is 5.97 Å². The highest BCUT2D eigenvalue weighted by Gasteiger charge is 2.26. The van der Waals surface area contributed by atoms with E-state index in [2.05, 4.69) is 15.0 Å². The predicted molar refractivity (Wildman–Crippen MR) is 78.8 cm³/mol. The van der Waals surface area contributed by atoms with Crippen LogP contribution in [0.15, 0.2) is 37.1 Å². The van der Waals surface area contributed by atoms with Crippen LogP contribution in [0.25, 0.3) is 16.9 Å². The van der Waals surface area contributed by atoms with Crippen molar-refractivity contribution in [2.45, 2.75) is 6.92 Å². The third-order valence-electron chi connectivity index (χ3n) is 3.15. The smallest absolute Gasteiger partial charge is 0.357 e. The van der Waals surface area contributed by atoms with E-state index in [1.165, 1.54) is 29.1 Å². The van der Waals surface area contributed by atoms with E-state index in [1.54, 1.807) is 13.1 Å². The van der Waals surface area contributed by atoms with Crippen LogP contribution >= 0.6 is 0 Å². The van der Waals surface area contributed by atoms with Gasteiger partial charge in [-0.2, -0.15) is 0 Å². The fourth-order valence-corrected chi connectivity index (χ4v) is 2.22. The van der Waals surface area contributed by atoms with Crippen molar-refractivity contribution < 1.29 is 14.5 Å². The third-order valence-corrected chi connectivity index (χ3v) is 3.15. The Bertz CT molecular complexity index is 905. The van der Waals surface area contributed by atoms with Crippen molar-refractivity contribution in [1.82, 2.24) is 19.4 Å². The van der Waals surface area contributed by atoms with E-state index in [4.69, 9.17) is 4.74 Å². The Labute approximate surface area is 129 Å². The number of carbonyl (C=O) groups excluding carboxylic acids is 1. The van der Waals surface area contributed by atoms with E-state index in [-0.39, 0.29) is 29.2 Å². The Morgan fingerprint density at radius 2 is 2.13 bits per heavy atom. The summed E-state index contributed by atoms with van der Waals surface area (Å²) in [6.45, 7) is 1.85. The minimum absolute atomic E-state index is 0.110. The highest BCUT2D eigenvalue weighted by Crippen LogP contribution is 2.31. The number of carbonyl (C=O) groups is 1. The molecule has 0 aliphatic heterocycles. The largest absolute Gasteiger partial charge is 0.461 e. The van der Waals surface area contributed by atoms with E-state index >= 15 is 0 Å². The summed E-state index contributed by atoms with van der Waals surface area (Å²) in [6.07, 6.45) is 7.01. The van der Waals surface area contributed by atoms with Gasteiger partial charge in [0.2, 0.25) is 0 Å². The molecule has 0 radical (unpaired) electrons. The number of nitrogens with zero attached hydrogens (tertiary/aromatic N) is 5. The number of rotatable bonds is 4. The molecule has 3 aromatic rings. The monoisotopic (exact) mass is 313 g/mol. The zero-order chi connectivity index (χ0) is 16.4. The molecule has 9 nitrogen and oxygen atoms in total. The average molecular weight is 313 g/mol. The minimum atomic E-state index is -0.618. The molecule has 3 aromatic heterocycles. The fraction of sp³-hybridized carbons (Fsp3) is 0.143. The van der Waals surface area contributed by atoms with Gasteiger partial charge in [0.1, 0.15) is 11.9 Å². The van der Waals surface area contributed by atoms with Crippen LogP contribution in [0.3, 0.4) is 0 Å². The van der Waals surface area contributed by atoms with Crippen molar-refractivity contribution >= 4 is 17.3 Å². The zero-order valence-electron chi connectivity index (χ0n) is 12.0. The predicted octanol–water partition coefficient (Wildman–Crippen LogP) is 1.88. The standard InChI is InChI=1S/C14H11N5O4/c1-2-23-14(20)13-12(17-11-8-16-5-6-18(11)13)9-3-4-15-7-10(9)19(21)22/h3-8H,2H2,1H3. The van der Waals surface area contributed by atoms with Crippen LogP contribution in [0.1, 0.15) is 17.4 Å². The second kappa shape index (κ2) is 5.79. The van der Waals surface area contributed by atoms with Crippen molar-refractivity contribution in [3.63, 3.8) is 0 Å². The molecule has 0 saturated carbocycles. The van der Waals surface area contributed by atoms with Crippen molar-refractivity contribution in [2.24, 2.45) is 0 Å². The number of hydrogen-bond acceptors (Lipinski definition) is 7. The lowest BCUT2D eigenvalue weighted by molar-refractivity contribution is -0.384. The molecule has 0 aromatic carbocycles. The maximum absolute atomic E-state index is 12.3. The molecular weight excluding hydrogens is 302 g/mol. The summed E-state index contributed by atoms with van der Waals surface area (Å²) in [5.41, 5.74) is 0.604. The van der Waals surface area contributed by atoms with E-state index in [9.17, 15) is 14.9 Å². The van der Waals surface area contributed by atoms with E-state index in [0.717, 1.165) is 6.20 Å². The third kappa shape index (κ3) is 2.48. The minimum Gasteiger partial charge on any atom is -0.461 e. The Morgan fingerprint density at radius 1 is 1.35 bits per heavy atom. The first-order valence-electron chi connectivity index (χ1n) is 6.71. The van der Waals surface area contributed by atoms with Crippen molar-refractivity contribution in [1.29, 1.82) is 0 Å². The number of aromatic nitrogens is 4. The Balaban J connectivity index is 2.32. The van der Waals surface area contributed by atoms with E-state index in [1.807, 2.05) is 0 Å².